The molecule has 0 saturated carbocycles. The summed E-state index contributed by atoms with van der Waals surface area (Å²) in [6.07, 6.45) is 3.05. The molecule has 6 heteroatoms. The van der Waals surface area contributed by atoms with Crippen molar-refractivity contribution >= 4 is 5.69 Å². The van der Waals surface area contributed by atoms with E-state index in [1.807, 2.05) is 30.3 Å². The summed E-state index contributed by atoms with van der Waals surface area (Å²) < 4.78 is 5.12. The molecule has 0 fully saturated rings. The third kappa shape index (κ3) is 2.22. The molecule has 2 aromatic heterocycles. The Bertz CT molecular complexity index is 586. The highest BCUT2D eigenvalue weighted by Crippen LogP contribution is 2.19. The summed E-state index contributed by atoms with van der Waals surface area (Å²) in [5.41, 5.74) is 2.96. The van der Waals surface area contributed by atoms with E-state index < -0.39 is 0 Å². The molecule has 2 N–H and O–H groups in total. The molecule has 3 rings (SSSR count). The molecule has 0 aliphatic rings. The standard InChI is InChI=1S/C12H11N5O/c1-3-10(13-7-11-5-6-14-16-11)4-2-9(1)12-17-15-8-18-12/h1-6,8,13H,7H2,(H,14,16). The van der Waals surface area contributed by atoms with Gasteiger partial charge in [-0.15, -0.1) is 10.2 Å². The second kappa shape index (κ2) is 4.70. The van der Waals surface area contributed by atoms with Crippen molar-refractivity contribution in [2.75, 3.05) is 5.32 Å². The third-order valence-electron chi connectivity index (χ3n) is 2.53. The van der Waals surface area contributed by atoms with Crippen molar-refractivity contribution < 1.29 is 4.42 Å². The molecule has 0 atom stereocenters. The average molecular weight is 241 g/mol. The van der Waals surface area contributed by atoms with Crippen LogP contribution in [0.2, 0.25) is 0 Å². The van der Waals surface area contributed by atoms with E-state index in [1.165, 1.54) is 6.39 Å². The predicted molar refractivity (Wildman–Crippen MR) is 65.6 cm³/mol. The summed E-state index contributed by atoms with van der Waals surface area (Å²) >= 11 is 0. The van der Waals surface area contributed by atoms with Crippen molar-refractivity contribution in [3.63, 3.8) is 0 Å². The van der Waals surface area contributed by atoms with Crippen molar-refractivity contribution in [1.82, 2.24) is 20.4 Å². The number of anilines is 1. The lowest BCUT2D eigenvalue weighted by molar-refractivity contribution is 0.568. The highest BCUT2D eigenvalue weighted by Gasteiger charge is 2.02. The van der Waals surface area contributed by atoms with Crippen LogP contribution in [0.1, 0.15) is 5.69 Å². The van der Waals surface area contributed by atoms with Crippen LogP contribution in [0.5, 0.6) is 0 Å². The summed E-state index contributed by atoms with van der Waals surface area (Å²) in [4.78, 5) is 0. The van der Waals surface area contributed by atoms with Gasteiger partial charge in [-0.1, -0.05) is 0 Å². The molecule has 18 heavy (non-hydrogen) atoms. The smallest absolute Gasteiger partial charge is 0.247 e. The summed E-state index contributed by atoms with van der Waals surface area (Å²) in [5, 5.41) is 17.6. The fourth-order valence-corrected chi connectivity index (χ4v) is 1.61. The highest BCUT2D eigenvalue weighted by molar-refractivity contribution is 5.58. The normalized spacial score (nSPS) is 10.4. The Kier molecular flexibility index (Phi) is 2.75. The Morgan fingerprint density at radius 2 is 2.06 bits per heavy atom. The van der Waals surface area contributed by atoms with Crippen LogP contribution in [0.15, 0.2) is 47.3 Å². The zero-order chi connectivity index (χ0) is 12.2. The van der Waals surface area contributed by atoms with Crippen LogP contribution in [-0.4, -0.2) is 20.4 Å². The van der Waals surface area contributed by atoms with E-state index in [9.17, 15) is 0 Å². The van der Waals surface area contributed by atoms with Crippen LogP contribution in [0, 0.1) is 0 Å². The molecule has 0 spiro atoms. The van der Waals surface area contributed by atoms with Gasteiger partial charge in [0, 0.05) is 17.4 Å². The Hall–Kier alpha value is -2.63. The molecule has 3 aromatic rings. The number of hydrogen-bond donors (Lipinski definition) is 2. The molecule has 0 amide bonds. The van der Waals surface area contributed by atoms with Gasteiger partial charge in [0.2, 0.25) is 12.3 Å². The fourth-order valence-electron chi connectivity index (χ4n) is 1.61. The van der Waals surface area contributed by atoms with E-state index in [0.29, 0.717) is 12.4 Å². The van der Waals surface area contributed by atoms with Gasteiger partial charge in [0.25, 0.3) is 0 Å². The van der Waals surface area contributed by atoms with Gasteiger partial charge in [0.15, 0.2) is 0 Å². The molecule has 0 bridgehead atoms. The number of H-pyrrole nitrogens is 1. The minimum Gasteiger partial charge on any atom is -0.423 e. The first-order valence-electron chi connectivity index (χ1n) is 5.50. The van der Waals surface area contributed by atoms with Crippen LogP contribution in [0.25, 0.3) is 11.5 Å². The van der Waals surface area contributed by atoms with Crippen LogP contribution in [0.3, 0.4) is 0 Å². The molecule has 90 valence electrons. The molecule has 0 unspecified atom stereocenters. The minimum atomic E-state index is 0.523. The SMILES string of the molecule is c1cc(CNc2ccc(-c3nnco3)cc2)[nH]n1. The quantitative estimate of drug-likeness (QED) is 0.731. The number of aromatic amines is 1. The monoisotopic (exact) mass is 241 g/mol. The van der Waals surface area contributed by atoms with Crippen LogP contribution in [0.4, 0.5) is 5.69 Å². The summed E-state index contributed by atoms with van der Waals surface area (Å²) in [7, 11) is 0. The van der Waals surface area contributed by atoms with Crippen molar-refractivity contribution in [2.45, 2.75) is 6.54 Å². The lowest BCUT2D eigenvalue weighted by Gasteiger charge is -2.04. The average Bonchev–Trinajstić information content (AvgIpc) is 3.10. The number of benzene rings is 1. The topological polar surface area (TPSA) is 79.6 Å². The molecule has 0 radical (unpaired) electrons. The van der Waals surface area contributed by atoms with E-state index in [-0.39, 0.29) is 0 Å². The maximum absolute atomic E-state index is 5.12. The zero-order valence-corrected chi connectivity index (χ0v) is 9.50. The van der Waals surface area contributed by atoms with Gasteiger partial charge in [-0.25, -0.2) is 0 Å². The van der Waals surface area contributed by atoms with E-state index in [2.05, 4.69) is 25.7 Å². The molecule has 0 aliphatic carbocycles. The Morgan fingerprint density at radius 3 is 2.72 bits per heavy atom. The molecule has 0 saturated heterocycles. The van der Waals surface area contributed by atoms with Crippen molar-refractivity contribution in [1.29, 1.82) is 0 Å². The van der Waals surface area contributed by atoms with Crippen LogP contribution < -0.4 is 5.32 Å². The molecule has 0 aliphatic heterocycles. The fraction of sp³-hybridized carbons (Fsp3) is 0.0833. The summed E-state index contributed by atoms with van der Waals surface area (Å²) in [6.45, 7) is 0.708. The molecule has 1 aromatic carbocycles. The van der Waals surface area contributed by atoms with Gasteiger partial charge in [-0.3, -0.25) is 5.10 Å². The lowest BCUT2D eigenvalue weighted by Crippen LogP contribution is -1.99. The number of hydrogen-bond acceptors (Lipinski definition) is 5. The first-order chi connectivity index (χ1) is 8.92. The molecular weight excluding hydrogens is 230 g/mol. The van der Waals surface area contributed by atoms with Gasteiger partial charge >= 0.3 is 0 Å². The van der Waals surface area contributed by atoms with Gasteiger partial charge in [0.05, 0.1) is 12.2 Å². The number of nitrogens with one attached hydrogen (secondary N) is 2. The number of nitrogens with zero attached hydrogens (tertiary/aromatic N) is 3. The van der Waals surface area contributed by atoms with Crippen molar-refractivity contribution in [3.05, 3.63) is 48.6 Å². The lowest BCUT2D eigenvalue weighted by atomic mass is 10.2. The van der Waals surface area contributed by atoms with Gasteiger partial charge in [0.1, 0.15) is 0 Å². The zero-order valence-electron chi connectivity index (χ0n) is 9.50. The number of rotatable bonds is 4. The Balaban J connectivity index is 1.68. The van der Waals surface area contributed by atoms with Gasteiger partial charge in [-0.05, 0) is 30.3 Å². The van der Waals surface area contributed by atoms with Gasteiger partial charge in [-0.2, -0.15) is 5.10 Å². The van der Waals surface area contributed by atoms with E-state index in [1.54, 1.807) is 6.20 Å². The Morgan fingerprint density at radius 1 is 1.17 bits per heavy atom. The first kappa shape index (κ1) is 10.5. The number of aromatic nitrogens is 4. The van der Waals surface area contributed by atoms with Crippen LogP contribution >= 0.6 is 0 Å². The summed E-state index contributed by atoms with van der Waals surface area (Å²) in [5.74, 6) is 0.523. The second-order valence-corrected chi connectivity index (χ2v) is 3.76. The van der Waals surface area contributed by atoms with E-state index in [0.717, 1.165) is 16.9 Å². The summed E-state index contributed by atoms with van der Waals surface area (Å²) in [6, 6.07) is 9.73. The minimum absolute atomic E-state index is 0.523. The van der Waals surface area contributed by atoms with Crippen LogP contribution in [-0.2, 0) is 6.54 Å². The highest BCUT2D eigenvalue weighted by atomic mass is 16.4. The van der Waals surface area contributed by atoms with Crippen molar-refractivity contribution in [3.8, 4) is 11.5 Å². The Labute approximate surface area is 103 Å². The third-order valence-corrected chi connectivity index (χ3v) is 2.53. The molecular formula is C12H11N5O. The second-order valence-electron chi connectivity index (χ2n) is 3.76. The van der Waals surface area contributed by atoms with E-state index in [4.69, 9.17) is 4.42 Å². The maximum Gasteiger partial charge on any atom is 0.247 e. The molecule has 2 heterocycles. The van der Waals surface area contributed by atoms with E-state index >= 15 is 0 Å². The largest absolute Gasteiger partial charge is 0.423 e. The maximum atomic E-state index is 5.12. The first-order valence-corrected chi connectivity index (χ1v) is 5.50. The van der Waals surface area contributed by atoms with Gasteiger partial charge < -0.3 is 9.73 Å². The molecule has 6 nitrogen and oxygen atoms in total. The predicted octanol–water partition coefficient (Wildman–Crippen LogP) is 2.07. The van der Waals surface area contributed by atoms with Crippen molar-refractivity contribution in [2.24, 2.45) is 0 Å².